The number of amides is 2. The van der Waals surface area contributed by atoms with E-state index in [1.807, 2.05) is 18.2 Å². The summed E-state index contributed by atoms with van der Waals surface area (Å²) in [5, 5.41) is 16.6. The molecule has 0 aliphatic heterocycles. The van der Waals surface area contributed by atoms with Gasteiger partial charge in [0, 0.05) is 25.5 Å². The van der Waals surface area contributed by atoms with E-state index in [4.69, 9.17) is 9.84 Å². The number of hydrogen-bond acceptors (Lipinski definition) is 7. The van der Waals surface area contributed by atoms with Gasteiger partial charge in [-0.2, -0.15) is 0 Å². The van der Waals surface area contributed by atoms with E-state index in [2.05, 4.69) is 33.9 Å². The number of allylic oxidation sites excluding steroid dienone is 2. The van der Waals surface area contributed by atoms with Crippen LogP contribution in [0.1, 0.15) is 32.3 Å². The van der Waals surface area contributed by atoms with Gasteiger partial charge in [0.15, 0.2) is 0 Å². The number of esters is 1. The predicted octanol–water partition coefficient (Wildman–Crippen LogP) is 1.15. The molecule has 0 aromatic carbocycles. The summed E-state index contributed by atoms with van der Waals surface area (Å²) in [6, 6.07) is 3.85. The average molecular weight is 475 g/mol. The van der Waals surface area contributed by atoms with E-state index in [9.17, 15) is 19.2 Å². The lowest BCUT2D eigenvalue weighted by atomic mass is 10.0. The van der Waals surface area contributed by atoms with Gasteiger partial charge >= 0.3 is 11.9 Å². The number of pyridine rings is 1. The lowest BCUT2D eigenvalue weighted by molar-refractivity contribution is -0.166. The first kappa shape index (κ1) is 28.5. The predicted molar refractivity (Wildman–Crippen MR) is 127 cm³/mol. The van der Waals surface area contributed by atoms with Gasteiger partial charge < -0.3 is 25.8 Å². The molecule has 3 unspecified atom stereocenters. The average Bonchev–Trinajstić information content (AvgIpc) is 2.82. The first-order valence-corrected chi connectivity index (χ1v) is 11.1. The Kier molecular flexibility index (Phi) is 13.5. The number of carboxylic acids is 1. The summed E-state index contributed by atoms with van der Waals surface area (Å²) in [7, 11) is 1.54. The van der Waals surface area contributed by atoms with Gasteiger partial charge in [-0.05, 0) is 49.6 Å². The molecule has 1 aromatic rings. The van der Waals surface area contributed by atoms with Crippen LogP contribution < -0.4 is 16.0 Å². The van der Waals surface area contributed by atoms with Gasteiger partial charge in [-0.25, -0.2) is 4.79 Å². The van der Waals surface area contributed by atoms with E-state index in [0.717, 1.165) is 12.0 Å². The van der Waals surface area contributed by atoms with Crippen molar-refractivity contribution >= 4 is 29.8 Å². The fraction of sp³-hybridized carbons (Fsp3) is 0.458. The molecular formula is C24H34N4O6. The first-order valence-electron chi connectivity index (χ1n) is 11.1. The highest BCUT2D eigenvalue weighted by Gasteiger charge is 2.24. The molecule has 0 radical (unpaired) electrons. The van der Waals surface area contributed by atoms with Crippen molar-refractivity contribution in [1.82, 2.24) is 20.9 Å². The second-order valence-electron chi connectivity index (χ2n) is 7.84. The number of ether oxygens (including phenoxy) is 1. The molecule has 0 saturated carbocycles. The zero-order valence-corrected chi connectivity index (χ0v) is 19.8. The van der Waals surface area contributed by atoms with E-state index >= 15 is 0 Å². The zero-order chi connectivity index (χ0) is 25.3. The number of likely N-dealkylation sites (N-methyl/N-ethyl adjacent to an activating group) is 1. The minimum absolute atomic E-state index is 0.0269. The molecule has 3 atom stereocenters. The van der Waals surface area contributed by atoms with Crippen LogP contribution in [-0.2, 0) is 23.9 Å². The largest absolute Gasteiger partial charge is 0.478 e. The third kappa shape index (κ3) is 12.5. The van der Waals surface area contributed by atoms with Crippen molar-refractivity contribution in [2.24, 2.45) is 11.8 Å². The number of carbonyl (C=O) groups excluding carboxylic acids is 3. The number of nitrogens with zero attached hydrogens (tertiary/aromatic N) is 1. The molecule has 0 saturated heterocycles. The third-order valence-corrected chi connectivity index (χ3v) is 4.74. The van der Waals surface area contributed by atoms with Crippen molar-refractivity contribution in [3.63, 3.8) is 0 Å². The Balaban J connectivity index is 2.24. The van der Waals surface area contributed by atoms with Crippen LogP contribution in [0.4, 0.5) is 0 Å². The monoisotopic (exact) mass is 474 g/mol. The number of carboxylic acid groups (broad SMARTS) is 1. The summed E-state index contributed by atoms with van der Waals surface area (Å²) < 4.78 is 4.92. The van der Waals surface area contributed by atoms with Crippen LogP contribution in [0, 0.1) is 11.8 Å². The molecule has 1 rings (SSSR count). The molecule has 0 aliphatic rings. The number of rotatable bonds is 15. The van der Waals surface area contributed by atoms with Gasteiger partial charge in [0.1, 0.15) is 0 Å². The fourth-order valence-electron chi connectivity index (χ4n) is 2.66. The van der Waals surface area contributed by atoms with E-state index in [-0.39, 0.29) is 25.5 Å². The van der Waals surface area contributed by atoms with Crippen LogP contribution in [0.15, 0.2) is 42.8 Å². The van der Waals surface area contributed by atoms with Crippen LogP contribution in [0.3, 0.4) is 0 Å². The van der Waals surface area contributed by atoms with Crippen molar-refractivity contribution < 1.29 is 29.0 Å². The van der Waals surface area contributed by atoms with Gasteiger partial charge in [0.2, 0.25) is 17.9 Å². The third-order valence-electron chi connectivity index (χ3n) is 4.74. The maximum Gasteiger partial charge on any atom is 0.346 e. The van der Waals surface area contributed by atoms with Crippen molar-refractivity contribution in [2.45, 2.75) is 32.8 Å². The molecule has 0 spiro atoms. The Bertz CT molecular complexity index is 856. The summed E-state index contributed by atoms with van der Waals surface area (Å²) in [4.78, 5) is 50.7. The summed E-state index contributed by atoms with van der Waals surface area (Å²) in [5.41, 5.74) is 1.08. The number of aromatic nitrogens is 1. The SMILES string of the molecule is CNCC(OC(=O)C(C)CNC(=O)CNC(=O)/C=C/CCC(C)/C=C/c1ccncc1)C(=O)O. The van der Waals surface area contributed by atoms with Crippen molar-refractivity contribution in [3.05, 3.63) is 48.3 Å². The molecule has 186 valence electrons. The van der Waals surface area contributed by atoms with E-state index in [1.165, 1.54) is 13.0 Å². The molecule has 4 N–H and O–H groups in total. The number of hydrogen-bond donors (Lipinski definition) is 4. The highest BCUT2D eigenvalue weighted by atomic mass is 16.6. The van der Waals surface area contributed by atoms with Crippen molar-refractivity contribution in [3.8, 4) is 0 Å². The van der Waals surface area contributed by atoms with Gasteiger partial charge in [-0.3, -0.25) is 19.4 Å². The van der Waals surface area contributed by atoms with Crippen LogP contribution >= 0.6 is 0 Å². The van der Waals surface area contributed by atoms with Gasteiger partial charge in [-0.1, -0.05) is 32.1 Å². The van der Waals surface area contributed by atoms with Crippen molar-refractivity contribution in [1.29, 1.82) is 0 Å². The number of carbonyl (C=O) groups is 4. The molecule has 10 heteroatoms. The molecule has 0 bridgehead atoms. The summed E-state index contributed by atoms with van der Waals surface area (Å²) >= 11 is 0. The highest BCUT2D eigenvalue weighted by Crippen LogP contribution is 2.10. The summed E-state index contributed by atoms with van der Waals surface area (Å²) in [6.45, 7) is 3.29. The Morgan fingerprint density at radius 1 is 1.12 bits per heavy atom. The van der Waals surface area contributed by atoms with E-state index in [1.54, 1.807) is 25.5 Å². The second kappa shape index (κ2) is 16.1. The maximum absolute atomic E-state index is 12.0. The lowest BCUT2D eigenvalue weighted by Crippen LogP contribution is -2.41. The Morgan fingerprint density at radius 2 is 1.82 bits per heavy atom. The van der Waals surface area contributed by atoms with Gasteiger partial charge in [0.05, 0.1) is 12.5 Å². The van der Waals surface area contributed by atoms with Gasteiger partial charge in [-0.15, -0.1) is 0 Å². The van der Waals surface area contributed by atoms with Crippen molar-refractivity contribution in [2.75, 3.05) is 26.7 Å². The minimum Gasteiger partial charge on any atom is -0.478 e. The number of aliphatic carboxylic acids is 1. The standard InChI is InChI=1S/C24H34N4O6/c1-17(8-9-19-10-12-26-13-11-19)6-4-5-7-21(29)28-16-22(30)27-14-18(2)24(33)34-20(15-25-3)23(31)32/h5,7-13,17-18,20,25H,4,6,14-16H2,1-3H3,(H,27,30)(H,28,29)(H,31,32)/b7-5+,9-8+. The Morgan fingerprint density at radius 3 is 2.47 bits per heavy atom. The quantitative estimate of drug-likeness (QED) is 0.219. The smallest absolute Gasteiger partial charge is 0.346 e. The second-order valence-corrected chi connectivity index (χ2v) is 7.84. The van der Waals surface area contributed by atoms with Crippen LogP contribution in [0.2, 0.25) is 0 Å². The lowest BCUT2D eigenvalue weighted by Gasteiger charge is -2.17. The van der Waals surface area contributed by atoms with Gasteiger partial charge in [0.25, 0.3) is 0 Å². The fourth-order valence-corrected chi connectivity index (χ4v) is 2.66. The molecule has 10 nitrogen and oxygen atoms in total. The molecule has 0 fully saturated rings. The zero-order valence-electron chi connectivity index (χ0n) is 19.8. The highest BCUT2D eigenvalue weighted by molar-refractivity contribution is 5.91. The van der Waals surface area contributed by atoms with E-state index in [0.29, 0.717) is 12.3 Å². The van der Waals surface area contributed by atoms with E-state index < -0.39 is 29.9 Å². The minimum atomic E-state index is -1.30. The normalized spacial score (nSPS) is 13.9. The first-order chi connectivity index (χ1) is 16.2. The van der Waals surface area contributed by atoms with Crippen LogP contribution in [-0.4, -0.2) is 66.6 Å². The molecular weight excluding hydrogens is 440 g/mol. The Hall–Kier alpha value is -3.53. The molecule has 1 heterocycles. The Labute approximate surface area is 199 Å². The summed E-state index contributed by atoms with van der Waals surface area (Å²) in [5.74, 6) is -3.26. The molecule has 34 heavy (non-hydrogen) atoms. The molecule has 0 aliphatic carbocycles. The van der Waals surface area contributed by atoms with Crippen LogP contribution in [0.25, 0.3) is 6.08 Å². The maximum atomic E-state index is 12.0. The molecule has 1 aromatic heterocycles. The summed E-state index contributed by atoms with van der Waals surface area (Å²) in [6.07, 6.45) is 11.0. The van der Waals surface area contributed by atoms with Crippen LogP contribution in [0.5, 0.6) is 0 Å². The number of nitrogens with one attached hydrogen (secondary N) is 3. The topological polar surface area (TPSA) is 147 Å². The molecule has 2 amide bonds.